The third kappa shape index (κ3) is 5.21. The molecule has 0 aromatic carbocycles. The van der Waals surface area contributed by atoms with Gasteiger partial charge in [0.1, 0.15) is 0 Å². The lowest BCUT2D eigenvalue weighted by Crippen LogP contribution is -1.98. The van der Waals surface area contributed by atoms with E-state index < -0.39 is 0 Å². The van der Waals surface area contributed by atoms with Crippen molar-refractivity contribution >= 4 is 6.40 Å². The van der Waals surface area contributed by atoms with Crippen molar-refractivity contribution in [2.75, 3.05) is 0 Å². The molecule has 0 aromatic rings. The molecule has 0 N–H and O–H groups in total. The van der Waals surface area contributed by atoms with E-state index in [4.69, 9.17) is 4.74 Å². The summed E-state index contributed by atoms with van der Waals surface area (Å²) in [5.41, 5.74) is 0. The monoisotopic (exact) mass is 113 g/mol. The van der Waals surface area contributed by atoms with Crippen molar-refractivity contribution in [1.29, 1.82) is 0 Å². The average Bonchev–Trinajstić information content (AvgIpc) is 1.66. The van der Waals surface area contributed by atoms with Crippen LogP contribution in [0.3, 0.4) is 0 Å². The highest BCUT2D eigenvalue weighted by atomic mass is 16.5. The summed E-state index contributed by atoms with van der Waals surface area (Å²) < 4.78 is 4.92. The van der Waals surface area contributed by atoms with Gasteiger partial charge in [-0.2, -0.15) is 0 Å². The van der Waals surface area contributed by atoms with Crippen LogP contribution in [0.1, 0.15) is 13.8 Å². The van der Waals surface area contributed by atoms with Crippen molar-refractivity contribution in [3.05, 3.63) is 12.8 Å². The van der Waals surface area contributed by atoms with E-state index in [0.717, 1.165) is 0 Å². The van der Waals surface area contributed by atoms with Crippen LogP contribution in [0.4, 0.5) is 0 Å². The Morgan fingerprint density at radius 2 is 2.25 bits per heavy atom. The molecule has 0 aliphatic rings. The maximum Gasteiger partial charge on any atom is 0.174 e. The molecular weight excluding hydrogens is 102 g/mol. The summed E-state index contributed by atoms with van der Waals surface area (Å²) in [4.78, 5) is 3.63. The smallest absolute Gasteiger partial charge is 0.174 e. The minimum Gasteiger partial charge on any atom is -0.481 e. The molecule has 2 heteroatoms. The molecule has 0 radical (unpaired) electrons. The van der Waals surface area contributed by atoms with Gasteiger partial charge < -0.3 is 4.74 Å². The SMILES string of the molecule is C=CN=COC(C)C. The van der Waals surface area contributed by atoms with Crippen LogP contribution in [0.25, 0.3) is 0 Å². The highest BCUT2D eigenvalue weighted by Crippen LogP contribution is 1.81. The van der Waals surface area contributed by atoms with Gasteiger partial charge in [0.2, 0.25) is 0 Å². The van der Waals surface area contributed by atoms with Gasteiger partial charge in [0.05, 0.1) is 6.10 Å². The summed E-state index contributed by atoms with van der Waals surface area (Å²) in [6, 6.07) is 0. The van der Waals surface area contributed by atoms with Crippen molar-refractivity contribution in [3.63, 3.8) is 0 Å². The Morgan fingerprint density at radius 1 is 1.62 bits per heavy atom. The van der Waals surface area contributed by atoms with E-state index in [1.54, 1.807) is 0 Å². The van der Waals surface area contributed by atoms with Gasteiger partial charge in [0.25, 0.3) is 0 Å². The molecule has 2 nitrogen and oxygen atoms in total. The second kappa shape index (κ2) is 4.37. The predicted octanol–water partition coefficient (Wildman–Crippen LogP) is 1.58. The zero-order valence-electron chi connectivity index (χ0n) is 5.29. The quantitative estimate of drug-likeness (QED) is 0.402. The number of hydrogen-bond acceptors (Lipinski definition) is 2. The van der Waals surface area contributed by atoms with Gasteiger partial charge in [-0.3, -0.25) is 0 Å². The van der Waals surface area contributed by atoms with Crippen molar-refractivity contribution < 1.29 is 4.74 Å². The highest BCUT2D eigenvalue weighted by molar-refractivity contribution is 5.47. The zero-order chi connectivity index (χ0) is 6.41. The molecule has 0 heterocycles. The standard InChI is InChI=1S/C6H11NO/c1-4-7-5-8-6(2)3/h4-6H,1H2,2-3H3. The van der Waals surface area contributed by atoms with Gasteiger partial charge in [-0.1, -0.05) is 6.58 Å². The van der Waals surface area contributed by atoms with E-state index in [9.17, 15) is 0 Å². The van der Waals surface area contributed by atoms with Gasteiger partial charge in [0, 0.05) is 6.20 Å². The summed E-state index contributed by atoms with van der Waals surface area (Å²) in [6.45, 7) is 7.26. The molecular formula is C6H11NO. The van der Waals surface area contributed by atoms with Crippen LogP contribution in [-0.2, 0) is 4.74 Å². The molecule has 0 aromatic heterocycles. The van der Waals surface area contributed by atoms with Crippen LogP contribution in [-0.4, -0.2) is 12.5 Å². The Morgan fingerprint density at radius 3 is 2.62 bits per heavy atom. The first-order valence-electron chi connectivity index (χ1n) is 2.55. The Labute approximate surface area is 49.9 Å². The third-order valence-electron chi connectivity index (χ3n) is 0.499. The molecule has 0 aliphatic carbocycles. The van der Waals surface area contributed by atoms with Gasteiger partial charge in [-0.05, 0) is 13.8 Å². The minimum atomic E-state index is 0.207. The molecule has 0 aliphatic heterocycles. The number of nitrogens with zero attached hydrogens (tertiary/aromatic N) is 1. The van der Waals surface area contributed by atoms with Crippen molar-refractivity contribution in [3.8, 4) is 0 Å². The van der Waals surface area contributed by atoms with Gasteiger partial charge >= 0.3 is 0 Å². The van der Waals surface area contributed by atoms with Crippen molar-refractivity contribution in [1.82, 2.24) is 0 Å². The fourth-order valence-electron chi connectivity index (χ4n) is 0.200. The topological polar surface area (TPSA) is 21.6 Å². The maximum absolute atomic E-state index is 4.92. The fraction of sp³-hybridized carbons (Fsp3) is 0.500. The van der Waals surface area contributed by atoms with E-state index in [2.05, 4.69) is 11.6 Å². The van der Waals surface area contributed by atoms with E-state index >= 15 is 0 Å². The summed E-state index contributed by atoms with van der Waals surface area (Å²) in [6.07, 6.45) is 3.03. The van der Waals surface area contributed by atoms with Gasteiger partial charge in [-0.25, -0.2) is 4.99 Å². The molecule has 0 rings (SSSR count). The van der Waals surface area contributed by atoms with E-state index in [-0.39, 0.29) is 6.10 Å². The molecule has 0 fully saturated rings. The zero-order valence-corrected chi connectivity index (χ0v) is 5.29. The van der Waals surface area contributed by atoms with Crippen LogP contribution >= 0.6 is 0 Å². The van der Waals surface area contributed by atoms with Gasteiger partial charge in [-0.15, -0.1) is 0 Å². The Balaban J connectivity index is 3.15. The predicted molar refractivity (Wildman–Crippen MR) is 34.9 cm³/mol. The average molecular weight is 113 g/mol. The van der Waals surface area contributed by atoms with Crippen LogP contribution in [0.5, 0.6) is 0 Å². The lowest BCUT2D eigenvalue weighted by Gasteiger charge is -1.99. The summed E-state index contributed by atoms with van der Waals surface area (Å²) in [7, 11) is 0. The minimum absolute atomic E-state index is 0.207. The molecule has 0 amide bonds. The van der Waals surface area contributed by atoms with Crippen LogP contribution < -0.4 is 0 Å². The fourth-order valence-corrected chi connectivity index (χ4v) is 0.200. The summed E-state index contributed by atoms with van der Waals surface area (Å²) in [5.74, 6) is 0. The number of rotatable bonds is 3. The first kappa shape index (κ1) is 7.21. The second-order valence-electron chi connectivity index (χ2n) is 1.62. The largest absolute Gasteiger partial charge is 0.481 e. The van der Waals surface area contributed by atoms with E-state index in [0.29, 0.717) is 0 Å². The van der Waals surface area contributed by atoms with E-state index in [1.807, 2.05) is 13.8 Å². The number of hydrogen-bond donors (Lipinski definition) is 0. The molecule has 46 valence electrons. The van der Waals surface area contributed by atoms with E-state index in [1.165, 1.54) is 12.6 Å². The molecule has 0 saturated carbocycles. The van der Waals surface area contributed by atoms with Gasteiger partial charge in [0.15, 0.2) is 6.40 Å². The molecule has 0 atom stereocenters. The summed E-state index contributed by atoms with van der Waals surface area (Å²) >= 11 is 0. The highest BCUT2D eigenvalue weighted by Gasteiger charge is 1.83. The second-order valence-corrected chi connectivity index (χ2v) is 1.62. The Kier molecular flexibility index (Phi) is 3.94. The van der Waals surface area contributed by atoms with Crippen molar-refractivity contribution in [2.45, 2.75) is 20.0 Å². The normalized spacial score (nSPS) is 10.4. The molecule has 8 heavy (non-hydrogen) atoms. The molecule has 0 saturated heterocycles. The lowest BCUT2D eigenvalue weighted by atomic mass is 10.5. The lowest BCUT2D eigenvalue weighted by molar-refractivity contribution is 0.241. The maximum atomic E-state index is 4.92. The van der Waals surface area contributed by atoms with Crippen LogP contribution in [0.2, 0.25) is 0 Å². The van der Waals surface area contributed by atoms with Crippen molar-refractivity contribution in [2.24, 2.45) is 4.99 Å². The first-order chi connectivity index (χ1) is 3.77. The molecule has 0 spiro atoms. The number of ether oxygens (including phenoxy) is 1. The Bertz CT molecular complexity index is 86.5. The van der Waals surface area contributed by atoms with Crippen LogP contribution in [0, 0.1) is 0 Å². The molecule has 0 unspecified atom stereocenters. The first-order valence-corrected chi connectivity index (χ1v) is 2.55. The van der Waals surface area contributed by atoms with Crippen LogP contribution in [0.15, 0.2) is 17.8 Å². The molecule has 0 bridgehead atoms. The summed E-state index contributed by atoms with van der Waals surface area (Å²) in [5, 5.41) is 0. The Hall–Kier alpha value is -0.790. The third-order valence-corrected chi connectivity index (χ3v) is 0.499. The number of aliphatic imine (C=N–C) groups is 1.